The number of methoxy groups -OCH3 is 1. The van der Waals surface area contributed by atoms with Crippen LogP contribution in [-0.4, -0.2) is 57.0 Å². The van der Waals surface area contributed by atoms with Gasteiger partial charge in [0, 0.05) is 37.0 Å². The molecule has 1 spiro atoms. The number of allylic oxidation sites excluding steroid dienone is 1. The Hall–Kier alpha value is -2.14. The van der Waals surface area contributed by atoms with Crippen LogP contribution in [0.25, 0.3) is 0 Å². The topological polar surface area (TPSA) is 49.9 Å². The minimum atomic E-state index is -0.540. The fourth-order valence-corrected chi connectivity index (χ4v) is 5.92. The van der Waals surface area contributed by atoms with Gasteiger partial charge in [0.2, 0.25) is 0 Å². The van der Waals surface area contributed by atoms with E-state index >= 15 is 0 Å². The first-order valence-electron chi connectivity index (χ1n) is 9.72. The summed E-state index contributed by atoms with van der Waals surface area (Å²) in [6.45, 7) is 3.64. The molecule has 2 bridgehead atoms. The van der Waals surface area contributed by atoms with Gasteiger partial charge in [0.05, 0.1) is 19.1 Å². The van der Waals surface area contributed by atoms with Crippen LogP contribution in [0.2, 0.25) is 0 Å². The van der Waals surface area contributed by atoms with Crippen LogP contribution in [0.3, 0.4) is 0 Å². The third-order valence-corrected chi connectivity index (χ3v) is 7.01. The van der Waals surface area contributed by atoms with E-state index in [0.29, 0.717) is 6.42 Å². The third-order valence-electron chi connectivity index (χ3n) is 7.01. The zero-order chi connectivity index (χ0) is 19.3. The van der Waals surface area contributed by atoms with Crippen molar-refractivity contribution in [1.82, 2.24) is 4.90 Å². The number of nitrogens with zero attached hydrogens (tertiary/aromatic N) is 2. The minimum absolute atomic E-state index is 0.103. The number of carbonyl (C=O) groups excluding carboxylic acids is 2. The van der Waals surface area contributed by atoms with Gasteiger partial charge in [-0.05, 0) is 38.6 Å². The molecule has 27 heavy (non-hydrogen) atoms. The van der Waals surface area contributed by atoms with E-state index in [1.54, 1.807) is 0 Å². The number of fused-ring (bicyclic) bond motifs is 2. The number of hydrogen-bond donors (Lipinski definition) is 0. The fourth-order valence-electron chi connectivity index (χ4n) is 5.92. The first-order chi connectivity index (χ1) is 13.0. The molecule has 0 aromatic heterocycles. The van der Waals surface area contributed by atoms with Crippen molar-refractivity contribution in [2.45, 2.75) is 31.2 Å². The van der Waals surface area contributed by atoms with Gasteiger partial charge in [-0.25, -0.2) is 0 Å². The molecule has 144 valence electrons. The quantitative estimate of drug-likeness (QED) is 0.563. The van der Waals surface area contributed by atoms with Crippen molar-refractivity contribution < 1.29 is 14.3 Å². The molecule has 5 nitrogen and oxygen atoms in total. The molecule has 2 unspecified atom stereocenters. The highest BCUT2D eigenvalue weighted by atomic mass is 16.5. The number of rotatable bonds is 1. The number of benzene rings is 1. The van der Waals surface area contributed by atoms with Crippen LogP contribution in [0.15, 0.2) is 35.9 Å². The summed E-state index contributed by atoms with van der Waals surface area (Å²) in [5.74, 6) is -0.390. The predicted molar refractivity (Wildman–Crippen MR) is 105 cm³/mol. The van der Waals surface area contributed by atoms with Gasteiger partial charge in [-0.15, -0.1) is 0 Å². The second-order valence-electron chi connectivity index (χ2n) is 8.20. The SMILES string of the molecule is C/C=C1/CN(C)CC[C@@]23c4ccccc4N(C)C2C(=O)C[C@@H]1C3C(=O)OC. The summed E-state index contributed by atoms with van der Waals surface area (Å²) in [5, 5.41) is 0. The minimum Gasteiger partial charge on any atom is -0.469 e. The summed E-state index contributed by atoms with van der Waals surface area (Å²) < 4.78 is 5.32. The van der Waals surface area contributed by atoms with Crippen LogP contribution in [0.4, 0.5) is 5.69 Å². The van der Waals surface area contributed by atoms with Gasteiger partial charge in [0.1, 0.15) is 0 Å². The Morgan fingerprint density at radius 3 is 2.74 bits per heavy atom. The molecule has 1 aromatic carbocycles. The Labute approximate surface area is 161 Å². The average Bonchev–Trinajstić information content (AvgIpc) is 2.93. The highest BCUT2D eigenvalue weighted by molar-refractivity contribution is 5.97. The molecule has 1 saturated carbocycles. The first kappa shape index (κ1) is 18.2. The van der Waals surface area contributed by atoms with Crippen molar-refractivity contribution in [2.75, 3.05) is 39.2 Å². The van der Waals surface area contributed by atoms with E-state index in [9.17, 15) is 9.59 Å². The monoisotopic (exact) mass is 368 g/mol. The van der Waals surface area contributed by atoms with E-state index in [2.05, 4.69) is 35.1 Å². The summed E-state index contributed by atoms with van der Waals surface area (Å²) in [7, 11) is 5.58. The summed E-state index contributed by atoms with van der Waals surface area (Å²) >= 11 is 0. The highest BCUT2D eigenvalue weighted by Gasteiger charge is 2.64. The molecule has 0 amide bonds. The van der Waals surface area contributed by atoms with Crippen molar-refractivity contribution in [3.63, 3.8) is 0 Å². The number of carbonyl (C=O) groups is 2. The largest absolute Gasteiger partial charge is 0.469 e. The predicted octanol–water partition coefficient (Wildman–Crippen LogP) is 2.40. The lowest BCUT2D eigenvalue weighted by Crippen LogP contribution is -2.63. The molecular formula is C22H28N2O3. The number of hydrogen-bond acceptors (Lipinski definition) is 5. The van der Waals surface area contributed by atoms with Gasteiger partial charge in [-0.2, -0.15) is 0 Å². The van der Waals surface area contributed by atoms with Crippen molar-refractivity contribution in [2.24, 2.45) is 11.8 Å². The van der Waals surface area contributed by atoms with E-state index in [0.717, 1.165) is 30.8 Å². The molecule has 4 atom stereocenters. The second-order valence-corrected chi connectivity index (χ2v) is 8.20. The van der Waals surface area contributed by atoms with E-state index in [1.807, 2.05) is 26.1 Å². The average molecular weight is 368 g/mol. The molecule has 0 N–H and O–H groups in total. The molecule has 1 saturated heterocycles. The summed E-state index contributed by atoms with van der Waals surface area (Å²) in [6.07, 6.45) is 3.26. The summed E-state index contributed by atoms with van der Waals surface area (Å²) in [4.78, 5) is 31.0. The number of likely N-dealkylation sites (N-methyl/N-ethyl adjacent to an activating group) is 2. The lowest BCUT2D eigenvalue weighted by atomic mass is 9.53. The summed E-state index contributed by atoms with van der Waals surface area (Å²) in [5.41, 5.74) is 2.82. The number of para-hydroxylation sites is 1. The number of anilines is 1. The Morgan fingerprint density at radius 2 is 2.04 bits per heavy atom. The Balaban J connectivity index is 2.01. The van der Waals surface area contributed by atoms with Crippen LogP contribution in [-0.2, 0) is 19.7 Å². The third kappa shape index (κ3) is 2.40. The Kier molecular flexibility index (Phi) is 4.38. The number of Topliss-reactive ketones (excluding diaryl/α,β-unsaturated/α-hetero) is 1. The molecule has 1 aliphatic carbocycles. The van der Waals surface area contributed by atoms with Gasteiger partial charge in [-0.3, -0.25) is 9.59 Å². The van der Waals surface area contributed by atoms with Crippen molar-refractivity contribution in [1.29, 1.82) is 0 Å². The van der Waals surface area contributed by atoms with Crippen LogP contribution >= 0.6 is 0 Å². The number of esters is 1. The van der Waals surface area contributed by atoms with Gasteiger partial charge < -0.3 is 14.5 Å². The zero-order valence-electron chi connectivity index (χ0n) is 16.6. The van der Waals surface area contributed by atoms with E-state index in [4.69, 9.17) is 4.74 Å². The number of ketones is 1. The molecule has 2 aliphatic heterocycles. The Morgan fingerprint density at radius 1 is 1.30 bits per heavy atom. The maximum absolute atomic E-state index is 13.4. The van der Waals surface area contributed by atoms with Gasteiger partial charge in [-0.1, -0.05) is 29.8 Å². The van der Waals surface area contributed by atoms with Gasteiger partial charge in [0.25, 0.3) is 0 Å². The molecular weight excluding hydrogens is 340 g/mol. The normalized spacial score (nSPS) is 34.7. The van der Waals surface area contributed by atoms with E-state index < -0.39 is 5.41 Å². The zero-order valence-corrected chi connectivity index (χ0v) is 16.6. The maximum atomic E-state index is 13.4. The lowest BCUT2D eigenvalue weighted by Gasteiger charge is -2.51. The maximum Gasteiger partial charge on any atom is 0.310 e. The van der Waals surface area contributed by atoms with Gasteiger partial charge >= 0.3 is 5.97 Å². The Bertz CT molecular complexity index is 818. The molecule has 5 heteroatoms. The molecule has 1 aromatic rings. The van der Waals surface area contributed by atoms with Crippen molar-refractivity contribution >= 4 is 17.4 Å². The smallest absolute Gasteiger partial charge is 0.310 e. The van der Waals surface area contributed by atoms with Crippen LogP contribution in [0.5, 0.6) is 0 Å². The highest BCUT2D eigenvalue weighted by Crippen LogP contribution is 2.58. The van der Waals surface area contributed by atoms with E-state index in [-0.39, 0.29) is 29.6 Å². The standard InChI is InChI=1S/C22H28N2O3/c1-5-14-13-23(2)11-10-22-16-8-6-7-9-17(16)24(3)20(22)18(25)12-15(14)19(22)21(26)27-4/h5-9,15,19-20H,10-13H2,1-4H3/b14-5-/t15-,19?,20?,22-/m0/s1. The summed E-state index contributed by atoms with van der Waals surface area (Å²) in [6, 6.07) is 7.89. The molecule has 0 radical (unpaired) electrons. The van der Waals surface area contributed by atoms with Crippen molar-refractivity contribution in [3.8, 4) is 0 Å². The lowest BCUT2D eigenvalue weighted by molar-refractivity contribution is -0.154. The molecule has 2 fully saturated rings. The van der Waals surface area contributed by atoms with Crippen LogP contribution in [0.1, 0.15) is 25.3 Å². The fraction of sp³-hybridized carbons (Fsp3) is 0.545. The number of ether oxygens (including phenoxy) is 1. The molecule has 3 aliphatic rings. The van der Waals surface area contributed by atoms with Crippen molar-refractivity contribution in [3.05, 3.63) is 41.5 Å². The first-order valence-corrected chi connectivity index (χ1v) is 9.72. The molecule has 2 heterocycles. The van der Waals surface area contributed by atoms with E-state index in [1.165, 1.54) is 12.7 Å². The second kappa shape index (κ2) is 6.48. The number of likely N-dealkylation sites (tertiary alicyclic amines) is 1. The van der Waals surface area contributed by atoms with Crippen LogP contribution in [0, 0.1) is 11.8 Å². The van der Waals surface area contributed by atoms with Gasteiger partial charge in [0.15, 0.2) is 5.78 Å². The van der Waals surface area contributed by atoms with Crippen LogP contribution < -0.4 is 4.90 Å². The molecule has 4 rings (SSSR count).